The van der Waals surface area contributed by atoms with E-state index in [9.17, 15) is 4.79 Å². The average Bonchev–Trinajstić information content (AvgIpc) is 2.38. The van der Waals surface area contributed by atoms with E-state index in [4.69, 9.17) is 4.74 Å². The number of para-hydroxylation sites is 1. The third kappa shape index (κ3) is 2.28. The van der Waals surface area contributed by atoms with Crippen LogP contribution >= 0.6 is 0 Å². The molecule has 18 heavy (non-hydrogen) atoms. The summed E-state index contributed by atoms with van der Waals surface area (Å²) in [6.07, 6.45) is 1.01. The standard InChI is InChI=1S/C14H20N2O2/c1-4-10(3)16-9-13(17)15-14-11(16)7-6-8-12(14)18-5-2/h6-8,10H,4-5,9H2,1-3H3,(H,15,17). The first-order valence-electron chi connectivity index (χ1n) is 6.49. The zero-order valence-electron chi connectivity index (χ0n) is 11.2. The number of carbonyl (C=O) groups is 1. The predicted octanol–water partition coefficient (Wildman–Crippen LogP) is 2.64. The van der Waals surface area contributed by atoms with Crippen molar-refractivity contribution < 1.29 is 9.53 Å². The monoisotopic (exact) mass is 248 g/mol. The second-order valence-electron chi connectivity index (χ2n) is 4.52. The van der Waals surface area contributed by atoms with Gasteiger partial charge in [0, 0.05) is 6.04 Å². The second kappa shape index (κ2) is 5.29. The minimum absolute atomic E-state index is 0.0231. The average molecular weight is 248 g/mol. The van der Waals surface area contributed by atoms with Crippen molar-refractivity contribution in [3.05, 3.63) is 18.2 Å². The highest BCUT2D eigenvalue weighted by molar-refractivity contribution is 6.03. The lowest BCUT2D eigenvalue weighted by atomic mass is 10.1. The van der Waals surface area contributed by atoms with Crippen LogP contribution in [0.5, 0.6) is 5.75 Å². The van der Waals surface area contributed by atoms with Crippen molar-refractivity contribution in [2.75, 3.05) is 23.4 Å². The van der Waals surface area contributed by atoms with Gasteiger partial charge in [0.15, 0.2) is 0 Å². The summed E-state index contributed by atoms with van der Waals surface area (Å²) < 4.78 is 5.57. The Labute approximate surface area is 108 Å². The van der Waals surface area contributed by atoms with Crippen molar-refractivity contribution in [1.29, 1.82) is 0 Å². The highest BCUT2D eigenvalue weighted by atomic mass is 16.5. The summed E-state index contributed by atoms with van der Waals surface area (Å²) in [4.78, 5) is 13.9. The molecule has 0 saturated heterocycles. The molecule has 0 saturated carbocycles. The Morgan fingerprint density at radius 2 is 2.22 bits per heavy atom. The van der Waals surface area contributed by atoms with E-state index in [1.54, 1.807) is 0 Å². The van der Waals surface area contributed by atoms with Gasteiger partial charge in [-0.1, -0.05) is 13.0 Å². The topological polar surface area (TPSA) is 41.6 Å². The number of nitrogens with zero attached hydrogens (tertiary/aromatic N) is 1. The molecule has 4 nitrogen and oxygen atoms in total. The first kappa shape index (κ1) is 12.7. The minimum Gasteiger partial charge on any atom is -0.492 e. The van der Waals surface area contributed by atoms with Crippen LogP contribution in [-0.4, -0.2) is 25.1 Å². The van der Waals surface area contributed by atoms with Crippen LogP contribution in [0.3, 0.4) is 0 Å². The van der Waals surface area contributed by atoms with Gasteiger partial charge in [0.05, 0.1) is 18.8 Å². The number of ether oxygens (including phenoxy) is 1. The number of fused-ring (bicyclic) bond motifs is 1. The second-order valence-corrected chi connectivity index (χ2v) is 4.52. The molecular formula is C14H20N2O2. The first-order valence-corrected chi connectivity index (χ1v) is 6.49. The minimum atomic E-state index is 0.0231. The number of carbonyl (C=O) groups excluding carboxylic acids is 1. The van der Waals surface area contributed by atoms with E-state index in [2.05, 4.69) is 24.1 Å². The van der Waals surface area contributed by atoms with E-state index in [-0.39, 0.29) is 5.91 Å². The van der Waals surface area contributed by atoms with Gasteiger partial charge in [-0.05, 0) is 32.4 Å². The number of amides is 1. The molecule has 0 radical (unpaired) electrons. The van der Waals surface area contributed by atoms with Crippen molar-refractivity contribution in [3.8, 4) is 5.75 Å². The fraction of sp³-hybridized carbons (Fsp3) is 0.500. The van der Waals surface area contributed by atoms with Crippen LogP contribution in [0.4, 0.5) is 11.4 Å². The molecule has 1 unspecified atom stereocenters. The normalized spacial score (nSPS) is 15.9. The summed E-state index contributed by atoms with van der Waals surface area (Å²) in [5, 5.41) is 2.92. The Hall–Kier alpha value is -1.71. The SMILES string of the molecule is CCOc1cccc2c1NC(=O)CN2C(C)CC. The summed E-state index contributed by atoms with van der Waals surface area (Å²) in [5.74, 6) is 0.770. The zero-order valence-corrected chi connectivity index (χ0v) is 11.2. The molecule has 0 fully saturated rings. The molecule has 1 amide bonds. The van der Waals surface area contributed by atoms with Crippen LogP contribution in [0.25, 0.3) is 0 Å². The Balaban J connectivity index is 2.43. The molecule has 1 heterocycles. The number of rotatable bonds is 4. The van der Waals surface area contributed by atoms with E-state index in [0.29, 0.717) is 19.2 Å². The molecule has 1 atom stereocenters. The Bertz CT molecular complexity index is 445. The molecule has 1 aromatic carbocycles. The van der Waals surface area contributed by atoms with Crippen molar-refractivity contribution in [2.45, 2.75) is 33.2 Å². The molecular weight excluding hydrogens is 228 g/mol. The molecule has 1 aromatic rings. The lowest BCUT2D eigenvalue weighted by Gasteiger charge is -2.35. The number of nitrogens with one attached hydrogen (secondary N) is 1. The van der Waals surface area contributed by atoms with Gasteiger partial charge in [-0.2, -0.15) is 0 Å². The summed E-state index contributed by atoms with van der Waals surface area (Å²) in [7, 11) is 0. The zero-order chi connectivity index (χ0) is 13.1. The fourth-order valence-electron chi connectivity index (χ4n) is 2.19. The molecule has 1 N–H and O–H groups in total. The third-order valence-corrected chi connectivity index (χ3v) is 3.31. The quantitative estimate of drug-likeness (QED) is 0.890. The van der Waals surface area contributed by atoms with Gasteiger partial charge in [-0.25, -0.2) is 0 Å². The van der Waals surface area contributed by atoms with Gasteiger partial charge >= 0.3 is 0 Å². The summed E-state index contributed by atoms with van der Waals surface area (Å²) in [6.45, 7) is 7.21. The molecule has 4 heteroatoms. The van der Waals surface area contributed by atoms with Gasteiger partial charge < -0.3 is 15.0 Å². The van der Waals surface area contributed by atoms with Crippen molar-refractivity contribution in [3.63, 3.8) is 0 Å². The lowest BCUT2D eigenvalue weighted by molar-refractivity contribution is -0.115. The largest absolute Gasteiger partial charge is 0.492 e. The predicted molar refractivity (Wildman–Crippen MR) is 73.3 cm³/mol. The van der Waals surface area contributed by atoms with Gasteiger partial charge in [0.25, 0.3) is 0 Å². The van der Waals surface area contributed by atoms with Crippen LogP contribution in [0, 0.1) is 0 Å². The van der Waals surface area contributed by atoms with E-state index in [1.165, 1.54) is 0 Å². The van der Waals surface area contributed by atoms with E-state index in [0.717, 1.165) is 23.5 Å². The van der Waals surface area contributed by atoms with Crippen molar-refractivity contribution in [1.82, 2.24) is 0 Å². The van der Waals surface area contributed by atoms with Gasteiger partial charge in [-0.15, -0.1) is 0 Å². The fourth-order valence-corrected chi connectivity index (χ4v) is 2.19. The van der Waals surface area contributed by atoms with Gasteiger partial charge in [-0.3, -0.25) is 4.79 Å². The summed E-state index contributed by atoms with van der Waals surface area (Å²) in [5.41, 5.74) is 1.85. The maximum absolute atomic E-state index is 11.8. The molecule has 1 aliphatic rings. The van der Waals surface area contributed by atoms with E-state index < -0.39 is 0 Å². The number of hydrogen-bond acceptors (Lipinski definition) is 3. The first-order chi connectivity index (χ1) is 8.67. The van der Waals surface area contributed by atoms with E-state index >= 15 is 0 Å². The third-order valence-electron chi connectivity index (χ3n) is 3.31. The molecule has 0 aliphatic carbocycles. The van der Waals surface area contributed by atoms with Crippen LogP contribution in [-0.2, 0) is 4.79 Å². The number of hydrogen-bond donors (Lipinski definition) is 1. The van der Waals surface area contributed by atoms with E-state index in [1.807, 2.05) is 25.1 Å². The van der Waals surface area contributed by atoms with Crippen LogP contribution in [0.2, 0.25) is 0 Å². The molecule has 2 rings (SSSR count). The molecule has 1 aliphatic heterocycles. The summed E-state index contributed by atoms with van der Waals surface area (Å²) >= 11 is 0. The molecule has 0 aromatic heterocycles. The van der Waals surface area contributed by atoms with Gasteiger partial charge in [0.1, 0.15) is 11.4 Å². The van der Waals surface area contributed by atoms with Gasteiger partial charge in [0.2, 0.25) is 5.91 Å². The maximum Gasteiger partial charge on any atom is 0.244 e. The highest BCUT2D eigenvalue weighted by Gasteiger charge is 2.27. The Morgan fingerprint density at radius 3 is 2.89 bits per heavy atom. The van der Waals surface area contributed by atoms with Crippen molar-refractivity contribution >= 4 is 17.3 Å². The van der Waals surface area contributed by atoms with Crippen LogP contribution in [0.1, 0.15) is 27.2 Å². The van der Waals surface area contributed by atoms with Crippen molar-refractivity contribution in [2.24, 2.45) is 0 Å². The smallest absolute Gasteiger partial charge is 0.244 e. The van der Waals surface area contributed by atoms with Crippen LogP contribution < -0.4 is 15.0 Å². The Morgan fingerprint density at radius 1 is 1.44 bits per heavy atom. The highest BCUT2D eigenvalue weighted by Crippen LogP contribution is 2.38. The Kier molecular flexibility index (Phi) is 3.75. The van der Waals surface area contributed by atoms with Crippen LogP contribution in [0.15, 0.2) is 18.2 Å². The summed E-state index contributed by atoms with van der Waals surface area (Å²) in [6, 6.07) is 6.23. The number of anilines is 2. The molecule has 0 spiro atoms. The molecule has 0 bridgehead atoms. The number of benzene rings is 1. The molecule has 98 valence electrons. The lowest BCUT2D eigenvalue weighted by Crippen LogP contribution is -2.43. The maximum atomic E-state index is 11.8.